The average molecular weight is 224 g/mol. The molecule has 0 spiro atoms. The SMILES string of the molecule is CC(N)c1nc(Cl)nc2c(O)cccc12. The van der Waals surface area contributed by atoms with Crippen molar-refractivity contribution in [2.24, 2.45) is 5.73 Å². The Balaban J connectivity index is 2.86. The van der Waals surface area contributed by atoms with E-state index in [2.05, 4.69) is 9.97 Å². The van der Waals surface area contributed by atoms with Gasteiger partial charge in [0.2, 0.25) is 5.28 Å². The molecule has 0 aliphatic heterocycles. The zero-order chi connectivity index (χ0) is 11.0. The summed E-state index contributed by atoms with van der Waals surface area (Å²) in [5, 5.41) is 10.4. The van der Waals surface area contributed by atoms with Gasteiger partial charge >= 0.3 is 0 Å². The number of hydrogen-bond acceptors (Lipinski definition) is 4. The zero-order valence-corrected chi connectivity index (χ0v) is 8.86. The van der Waals surface area contributed by atoms with E-state index in [1.165, 1.54) is 0 Å². The second kappa shape index (κ2) is 3.64. The lowest BCUT2D eigenvalue weighted by Crippen LogP contribution is -2.09. The Labute approximate surface area is 91.7 Å². The fourth-order valence-electron chi connectivity index (χ4n) is 1.48. The highest BCUT2D eigenvalue weighted by Gasteiger charge is 2.12. The van der Waals surface area contributed by atoms with Crippen molar-refractivity contribution in [2.45, 2.75) is 13.0 Å². The second-order valence-electron chi connectivity index (χ2n) is 3.34. The number of fused-ring (bicyclic) bond motifs is 1. The monoisotopic (exact) mass is 223 g/mol. The van der Waals surface area contributed by atoms with Crippen LogP contribution in [0.15, 0.2) is 18.2 Å². The van der Waals surface area contributed by atoms with Crippen molar-refractivity contribution in [3.63, 3.8) is 0 Å². The Morgan fingerprint density at radius 3 is 2.80 bits per heavy atom. The van der Waals surface area contributed by atoms with Crippen molar-refractivity contribution in [1.29, 1.82) is 0 Å². The Hall–Kier alpha value is -1.39. The Kier molecular flexibility index (Phi) is 2.46. The van der Waals surface area contributed by atoms with Gasteiger partial charge in [0.15, 0.2) is 0 Å². The van der Waals surface area contributed by atoms with Crippen LogP contribution in [0, 0.1) is 0 Å². The van der Waals surface area contributed by atoms with E-state index in [-0.39, 0.29) is 17.1 Å². The normalized spacial score (nSPS) is 13.0. The van der Waals surface area contributed by atoms with Crippen LogP contribution in [-0.2, 0) is 0 Å². The molecule has 0 radical (unpaired) electrons. The number of aromatic hydroxyl groups is 1. The molecule has 0 aliphatic rings. The van der Waals surface area contributed by atoms with Crippen LogP contribution >= 0.6 is 11.6 Å². The summed E-state index contributed by atoms with van der Waals surface area (Å²) in [7, 11) is 0. The summed E-state index contributed by atoms with van der Waals surface area (Å²) in [5.74, 6) is 0.0821. The van der Waals surface area contributed by atoms with Crippen molar-refractivity contribution >= 4 is 22.5 Å². The highest BCUT2D eigenvalue weighted by Crippen LogP contribution is 2.27. The average Bonchev–Trinajstić information content (AvgIpc) is 2.18. The number of para-hydroxylation sites is 1. The van der Waals surface area contributed by atoms with Gasteiger partial charge in [-0.3, -0.25) is 0 Å². The molecule has 15 heavy (non-hydrogen) atoms. The van der Waals surface area contributed by atoms with E-state index < -0.39 is 0 Å². The van der Waals surface area contributed by atoms with Crippen molar-refractivity contribution in [3.05, 3.63) is 29.2 Å². The molecule has 4 nitrogen and oxygen atoms in total. The lowest BCUT2D eigenvalue weighted by molar-refractivity contribution is 0.480. The summed E-state index contributed by atoms with van der Waals surface area (Å²) in [6, 6.07) is 4.83. The smallest absolute Gasteiger partial charge is 0.223 e. The number of nitrogens with zero attached hydrogens (tertiary/aromatic N) is 2. The maximum atomic E-state index is 9.61. The van der Waals surface area contributed by atoms with Crippen LogP contribution in [0.5, 0.6) is 5.75 Å². The molecule has 1 aromatic carbocycles. The number of nitrogens with two attached hydrogens (primary N) is 1. The van der Waals surface area contributed by atoms with E-state index in [9.17, 15) is 5.11 Å². The highest BCUT2D eigenvalue weighted by atomic mass is 35.5. The van der Waals surface area contributed by atoms with Gasteiger partial charge in [-0.05, 0) is 24.6 Å². The number of benzene rings is 1. The third kappa shape index (κ3) is 1.73. The summed E-state index contributed by atoms with van der Waals surface area (Å²) in [4.78, 5) is 8.03. The Bertz CT molecular complexity index is 513. The molecule has 78 valence electrons. The summed E-state index contributed by atoms with van der Waals surface area (Å²) in [6.45, 7) is 1.81. The minimum absolute atomic E-state index is 0.0821. The van der Waals surface area contributed by atoms with Gasteiger partial charge in [-0.25, -0.2) is 9.97 Å². The zero-order valence-electron chi connectivity index (χ0n) is 8.11. The van der Waals surface area contributed by atoms with E-state index in [0.29, 0.717) is 11.2 Å². The van der Waals surface area contributed by atoms with Gasteiger partial charge in [-0.2, -0.15) is 0 Å². The van der Waals surface area contributed by atoms with Crippen molar-refractivity contribution < 1.29 is 5.11 Å². The van der Waals surface area contributed by atoms with Crippen LogP contribution in [0.3, 0.4) is 0 Å². The van der Waals surface area contributed by atoms with Gasteiger partial charge in [-0.1, -0.05) is 12.1 Å². The first-order valence-electron chi connectivity index (χ1n) is 4.50. The largest absolute Gasteiger partial charge is 0.506 e. The minimum Gasteiger partial charge on any atom is -0.506 e. The number of aromatic nitrogens is 2. The molecule has 0 bridgehead atoms. The maximum absolute atomic E-state index is 9.61. The molecule has 0 aliphatic carbocycles. The van der Waals surface area contributed by atoms with Gasteiger partial charge in [0, 0.05) is 11.4 Å². The third-order valence-corrected chi connectivity index (χ3v) is 2.31. The van der Waals surface area contributed by atoms with E-state index in [1.54, 1.807) is 12.1 Å². The molecule has 2 aromatic rings. The minimum atomic E-state index is -0.255. The van der Waals surface area contributed by atoms with Crippen LogP contribution in [0.25, 0.3) is 10.9 Å². The van der Waals surface area contributed by atoms with Crippen LogP contribution in [-0.4, -0.2) is 15.1 Å². The lowest BCUT2D eigenvalue weighted by atomic mass is 10.1. The molecular formula is C10H10ClN3O. The van der Waals surface area contributed by atoms with Crippen LogP contribution < -0.4 is 5.73 Å². The number of hydrogen-bond donors (Lipinski definition) is 2. The fraction of sp³-hybridized carbons (Fsp3) is 0.200. The Morgan fingerprint density at radius 2 is 2.13 bits per heavy atom. The molecular weight excluding hydrogens is 214 g/mol. The van der Waals surface area contributed by atoms with Crippen molar-refractivity contribution in [2.75, 3.05) is 0 Å². The first kappa shape index (κ1) is 10.1. The molecule has 5 heteroatoms. The van der Waals surface area contributed by atoms with E-state index in [0.717, 1.165) is 5.39 Å². The molecule has 1 unspecified atom stereocenters. The highest BCUT2D eigenvalue weighted by molar-refractivity contribution is 6.28. The van der Waals surface area contributed by atoms with Crippen molar-refractivity contribution in [1.82, 2.24) is 9.97 Å². The quantitative estimate of drug-likeness (QED) is 0.726. The lowest BCUT2D eigenvalue weighted by Gasteiger charge is -2.09. The number of phenolic OH excluding ortho intramolecular Hbond substituents is 1. The van der Waals surface area contributed by atoms with Gasteiger partial charge in [-0.15, -0.1) is 0 Å². The molecule has 1 aromatic heterocycles. The van der Waals surface area contributed by atoms with Crippen molar-refractivity contribution in [3.8, 4) is 5.75 Å². The van der Waals surface area contributed by atoms with Gasteiger partial charge in [0.25, 0.3) is 0 Å². The number of rotatable bonds is 1. The summed E-state index contributed by atoms with van der Waals surface area (Å²) < 4.78 is 0. The predicted molar refractivity (Wildman–Crippen MR) is 58.8 cm³/mol. The fourth-order valence-corrected chi connectivity index (χ4v) is 1.66. The molecule has 1 atom stereocenters. The molecule has 1 heterocycles. The molecule has 2 rings (SSSR count). The molecule has 3 N–H and O–H groups in total. The predicted octanol–water partition coefficient (Wildman–Crippen LogP) is 2.01. The Morgan fingerprint density at radius 1 is 1.40 bits per heavy atom. The molecule has 0 amide bonds. The first-order valence-corrected chi connectivity index (χ1v) is 4.88. The molecule has 0 saturated carbocycles. The van der Waals surface area contributed by atoms with E-state index >= 15 is 0 Å². The van der Waals surface area contributed by atoms with E-state index in [4.69, 9.17) is 17.3 Å². The van der Waals surface area contributed by atoms with Crippen LogP contribution in [0.1, 0.15) is 18.7 Å². The van der Waals surface area contributed by atoms with Gasteiger partial charge in [0.1, 0.15) is 11.3 Å². The number of phenols is 1. The molecule has 0 saturated heterocycles. The topological polar surface area (TPSA) is 72.0 Å². The summed E-state index contributed by atoms with van der Waals surface area (Å²) in [5.41, 5.74) is 6.84. The maximum Gasteiger partial charge on any atom is 0.223 e. The number of halogens is 1. The second-order valence-corrected chi connectivity index (χ2v) is 3.68. The summed E-state index contributed by atoms with van der Waals surface area (Å²) >= 11 is 5.75. The first-order chi connectivity index (χ1) is 7.09. The van der Waals surface area contributed by atoms with E-state index in [1.807, 2.05) is 13.0 Å². The molecule has 0 fully saturated rings. The van der Waals surface area contributed by atoms with Gasteiger partial charge < -0.3 is 10.8 Å². The van der Waals surface area contributed by atoms with Crippen LogP contribution in [0.4, 0.5) is 0 Å². The van der Waals surface area contributed by atoms with Gasteiger partial charge in [0.05, 0.1) is 5.69 Å². The third-order valence-electron chi connectivity index (χ3n) is 2.14. The van der Waals surface area contributed by atoms with Crippen LogP contribution in [0.2, 0.25) is 5.28 Å². The standard InChI is InChI=1S/C10H10ClN3O/c1-5(12)8-6-3-2-4-7(15)9(6)14-10(11)13-8/h2-5,15H,12H2,1H3. The summed E-state index contributed by atoms with van der Waals surface area (Å²) in [6.07, 6.45) is 0.